The topological polar surface area (TPSA) is 57.7 Å². The molecule has 0 fully saturated rings. The van der Waals surface area contributed by atoms with Crippen molar-refractivity contribution in [3.63, 3.8) is 0 Å². The molecule has 1 heterocycles. The van der Waals surface area contributed by atoms with Crippen LogP contribution in [0, 0.1) is 6.92 Å². The Morgan fingerprint density at radius 1 is 1.00 bits per heavy atom. The summed E-state index contributed by atoms with van der Waals surface area (Å²) in [5, 5.41) is 0.345. The number of unbranched alkanes of at least 4 members (excludes halogenated alkanes) is 1. The number of thiophene rings is 1. The summed E-state index contributed by atoms with van der Waals surface area (Å²) >= 11 is 13.9. The zero-order chi connectivity index (χ0) is 24.7. The molecule has 3 aromatic rings. The first kappa shape index (κ1) is 26.7. The van der Waals surface area contributed by atoms with E-state index >= 15 is 0 Å². The predicted molar refractivity (Wildman–Crippen MR) is 140 cm³/mol. The van der Waals surface area contributed by atoms with Gasteiger partial charge >= 0.3 is 0 Å². The van der Waals surface area contributed by atoms with Crippen LogP contribution in [0.4, 0.5) is 0 Å². The predicted octanol–water partition coefficient (Wildman–Crippen LogP) is 6.38. The average molecular weight is 540 g/mol. The minimum Gasteiger partial charge on any atom is -0.332 e. The quantitative estimate of drug-likeness (QED) is 0.284. The van der Waals surface area contributed by atoms with Gasteiger partial charge in [-0.1, -0.05) is 66.9 Å². The van der Waals surface area contributed by atoms with Crippen LogP contribution in [0.25, 0.3) is 0 Å². The third-order valence-corrected chi connectivity index (χ3v) is 8.84. The lowest BCUT2D eigenvalue weighted by Gasteiger charge is -2.27. The van der Waals surface area contributed by atoms with Crippen LogP contribution >= 0.6 is 34.5 Å². The fraction of sp³-hybridized carbons (Fsp3) is 0.320. The van der Waals surface area contributed by atoms with Crippen molar-refractivity contribution in [2.24, 2.45) is 0 Å². The highest BCUT2D eigenvalue weighted by Gasteiger charge is 2.30. The molecule has 34 heavy (non-hydrogen) atoms. The molecule has 0 unspecified atom stereocenters. The number of halogens is 2. The highest BCUT2D eigenvalue weighted by atomic mass is 35.5. The monoisotopic (exact) mass is 538 g/mol. The van der Waals surface area contributed by atoms with Crippen LogP contribution in [0.5, 0.6) is 0 Å². The fourth-order valence-electron chi connectivity index (χ4n) is 3.48. The van der Waals surface area contributed by atoms with Crippen molar-refractivity contribution < 1.29 is 13.2 Å². The molecule has 0 bridgehead atoms. The number of sulfonamides is 1. The zero-order valence-corrected chi connectivity index (χ0v) is 22.4. The molecule has 0 aliphatic rings. The Bertz CT molecular complexity index is 1210. The third-order valence-electron chi connectivity index (χ3n) is 5.30. The second-order valence-corrected chi connectivity index (χ2v) is 12.1. The van der Waals surface area contributed by atoms with E-state index in [4.69, 9.17) is 23.2 Å². The molecule has 0 radical (unpaired) electrons. The molecule has 0 atom stereocenters. The van der Waals surface area contributed by atoms with E-state index in [0.717, 1.165) is 21.7 Å². The van der Waals surface area contributed by atoms with E-state index in [1.807, 2.05) is 56.3 Å². The number of amides is 1. The molecule has 1 amide bonds. The first-order chi connectivity index (χ1) is 16.2. The van der Waals surface area contributed by atoms with Crippen molar-refractivity contribution in [1.82, 2.24) is 9.21 Å². The van der Waals surface area contributed by atoms with Crippen molar-refractivity contribution in [3.05, 3.63) is 86.0 Å². The van der Waals surface area contributed by atoms with Gasteiger partial charge in [-0.2, -0.15) is 4.31 Å². The minimum absolute atomic E-state index is 0.0774. The average Bonchev–Trinajstić information content (AvgIpc) is 3.22. The van der Waals surface area contributed by atoms with Crippen molar-refractivity contribution in [1.29, 1.82) is 0 Å². The molecule has 0 saturated carbocycles. The van der Waals surface area contributed by atoms with Crippen molar-refractivity contribution >= 4 is 50.5 Å². The highest BCUT2D eigenvalue weighted by molar-refractivity contribution is 7.89. The van der Waals surface area contributed by atoms with Gasteiger partial charge in [-0.3, -0.25) is 4.79 Å². The second kappa shape index (κ2) is 12.2. The van der Waals surface area contributed by atoms with Gasteiger partial charge in [0.05, 0.1) is 18.1 Å². The van der Waals surface area contributed by atoms with E-state index in [2.05, 4.69) is 0 Å². The zero-order valence-electron chi connectivity index (χ0n) is 19.2. The minimum atomic E-state index is -4.02. The second-order valence-electron chi connectivity index (χ2n) is 8.01. The van der Waals surface area contributed by atoms with E-state index < -0.39 is 10.0 Å². The summed E-state index contributed by atoms with van der Waals surface area (Å²) in [6, 6.07) is 18.0. The molecular weight excluding hydrogens is 511 g/mol. The Morgan fingerprint density at radius 3 is 2.38 bits per heavy atom. The Labute approximate surface area is 216 Å². The van der Waals surface area contributed by atoms with Gasteiger partial charge in [0.2, 0.25) is 15.9 Å². The van der Waals surface area contributed by atoms with E-state index in [-0.39, 0.29) is 33.9 Å². The number of aryl methyl sites for hydroxylation is 1. The van der Waals surface area contributed by atoms with Crippen LogP contribution in [0.2, 0.25) is 10.0 Å². The maximum absolute atomic E-state index is 13.5. The van der Waals surface area contributed by atoms with Gasteiger partial charge < -0.3 is 4.90 Å². The summed E-state index contributed by atoms with van der Waals surface area (Å²) in [6.45, 7) is 4.72. The summed E-state index contributed by atoms with van der Waals surface area (Å²) in [4.78, 5) is 17.3. The number of hydrogen-bond acceptors (Lipinski definition) is 4. The van der Waals surface area contributed by atoms with Crippen LogP contribution in [0.3, 0.4) is 0 Å². The molecule has 0 saturated heterocycles. The normalized spacial score (nSPS) is 11.7. The van der Waals surface area contributed by atoms with Crippen LogP contribution in [0.15, 0.2) is 65.6 Å². The Balaban J connectivity index is 1.90. The molecule has 0 spiro atoms. The molecule has 1 aromatic heterocycles. The molecule has 9 heteroatoms. The van der Waals surface area contributed by atoms with Crippen molar-refractivity contribution in [3.8, 4) is 0 Å². The maximum Gasteiger partial charge on any atom is 0.245 e. The smallest absolute Gasteiger partial charge is 0.245 e. The van der Waals surface area contributed by atoms with Gasteiger partial charge in [0, 0.05) is 27.9 Å². The molecule has 5 nitrogen and oxygen atoms in total. The number of carbonyl (C=O) groups is 1. The standard InChI is InChI=1S/C25H28Cl2N2O3S2/c1-3-4-14-29(34(31,32)24-15-21(26)11-13-23(24)27)18-25(30)28(16-20-8-6-5-7-9-20)17-22-12-10-19(2)33-22/h5-13,15H,3-4,14,16-18H2,1-2H3. The molecule has 3 rings (SSSR count). The van der Waals surface area contributed by atoms with E-state index in [1.54, 1.807) is 16.2 Å². The van der Waals surface area contributed by atoms with Gasteiger partial charge in [0.15, 0.2) is 0 Å². The number of hydrogen-bond donors (Lipinski definition) is 0. The maximum atomic E-state index is 13.5. The highest BCUT2D eigenvalue weighted by Crippen LogP contribution is 2.28. The number of nitrogens with zero attached hydrogens (tertiary/aromatic N) is 2. The van der Waals surface area contributed by atoms with Crippen LogP contribution in [-0.4, -0.2) is 36.6 Å². The van der Waals surface area contributed by atoms with Crippen LogP contribution in [0.1, 0.15) is 35.1 Å². The van der Waals surface area contributed by atoms with E-state index in [9.17, 15) is 13.2 Å². The van der Waals surface area contributed by atoms with Gasteiger partial charge in [-0.15, -0.1) is 11.3 Å². The first-order valence-electron chi connectivity index (χ1n) is 11.0. The van der Waals surface area contributed by atoms with E-state index in [0.29, 0.717) is 19.5 Å². The van der Waals surface area contributed by atoms with Gasteiger partial charge in [-0.05, 0) is 49.2 Å². The van der Waals surface area contributed by atoms with Crippen LogP contribution < -0.4 is 0 Å². The van der Waals surface area contributed by atoms with Gasteiger partial charge in [0.1, 0.15) is 4.90 Å². The number of rotatable bonds is 11. The Morgan fingerprint density at radius 2 is 1.74 bits per heavy atom. The van der Waals surface area contributed by atoms with Crippen LogP contribution in [-0.2, 0) is 27.9 Å². The number of benzene rings is 2. The molecule has 182 valence electrons. The lowest BCUT2D eigenvalue weighted by molar-refractivity contribution is -0.132. The molecule has 0 N–H and O–H groups in total. The largest absolute Gasteiger partial charge is 0.332 e. The summed E-state index contributed by atoms with van der Waals surface area (Å²) in [6.07, 6.45) is 1.40. The van der Waals surface area contributed by atoms with Crippen molar-refractivity contribution in [2.75, 3.05) is 13.1 Å². The van der Waals surface area contributed by atoms with Gasteiger partial charge in [-0.25, -0.2) is 8.42 Å². The lowest BCUT2D eigenvalue weighted by Crippen LogP contribution is -2.42. The molecular formula is C25H28Cl2N2O3S2. The summed E-state index contributed by atoms with van der Waals surface area (Å²) in [5.74, 6) is -0.271. The Hall–Kier alpha value is -1.90. The molecule has 0 aliphatic carbocycles. The fourth-order valence-corrected chi connectivity index (χ4v) is 6.55. The third kappa shape index (κ3) is 7.06. The number of carbonyl (C=O) groups excluding carboxylic acids is 1. The summed E-state index contributed by atoms with van der Waals surface area (Å²) < 4.78 is 28.2. The molecule has 0 aliphatic heterocycles. The van der Waals surface area contributed by atoms with Gasteiger partial charge in [0.25, 0.3) is 0 Å². The first-order valence-corrected chi connectivity index (χ1v) is 14.0. The lowest BCUT2D eigenvalue weighted by atomic mass is 10.2. The SMILES string of the molecule is CCCCN(CC(=O)N(Cc1ccccc1)Cc1ccc(C)s1)S(=O)(=O)c1cc(Cl)ccc1Cl. The van der Waals surface area contributed by atoms with Crippen molar-refractivity contribution in [2.45, 2.75) is 44.7 Å². The summed E-state index contributed by atoms with van der Waals surface area (Å²) in [7, 11) is -4.02. The summed E-state index contributed by atoms with van der Waals surface area (Å²) in [5.41, 5.74) is 0.977. The van der Waals surface area contributed by atoms with E-state index in [1.165, 1.54) is 22.5 Å². The molecule has 2 aromatic carbocycles. The Kier molecular flexibility index (Phi) is 9.56.